The van der Waals surface area contributed by atoms with E-state index in [4.69, 9.17) is 5.84 Å². The van der Waals surface area contributed by atoms with E-state index in [0.717, 1.165) is 19.3 Å². The lowest BCUT2D eigenvalue weighted by molar-refractivity contribution is -0.125. The Morgan fingerprint density at radius 1 is 1.43 bits per heavy atom. The van der Waals surface area contributed by atoms with Crippen LogP contribution in [0.25, 0.3) is 10.9 Å². The number of fused-ring (bicyclic) bond motifs is 3. The van der Waals surface area contributed by atoms with Gasteiger partial charge in [0.25, 0.3) is 0 Å². The minimum absolute atomic E-state index is 0.00535. The minimum Gasteiger partial charge on any atom is -0.342 e. The predicted octanol–water partition coefficient (Wildman–Crippen LogP) is 2.63. The van der Waals surface area contributed by atoms with Gasteiger partial charge in [0.05, 0.1) is 0 Å². The normalized spacial score (nSPS) is 18.0. The number of hydrazine groups is 1. The van der Waals surface area contributed by atoms with E-state index in [1.807, 2.05) is 0 Å². The highest BCUT2D eigenvalue weighted by Crippen LogP contribution is 2.36. The maximum atomic E-state index is 11.9. The number of hydrogen-bond acceptors (Lipinski definition) is 2. The molecule has 4 nitrogen and oxygen atoms in total. The molecule has 0 saturated carbocycles. The molecule has 2 aromatic rings. The molecule has 1 amide bonds. The average Bonchev–Trinajstić information content (AvgIpc) is 2.79. The van der Waals surface area contributed by atoms with Crippen LogP contribution < -0.4 is 11.3 Å². The Morgan fingerprint density at radius 2 is 2.19 bits per heavy atom. The van der Waals surface area contributed by atoms with Gasteiger partial charge < -0.3 is 4.57 Å². The zero-order valence-corrected chi connectivity index (χ0v) is 12.9. The minimum atomic E-state index is -0.0428. The van der Waals surface area contributed by atoms with E-state index in [2.05, 4.69) is 49.0 Å². The Hall–Kier alpha value is -1.81. The van der Waals surface area contributed by atoms with Crippen molar-refractivity contribution < 1.29 is 4.79 Å². The van der Waals surface area contributed by atoms with Crippen LogP contribution in [-0.4, -0.2) is 10.5 Å². The molecule has 0 radical (unpaired) electrons. The molecule has 1 aliphatic rings. The fourth-order valence-electron chi connectivity index (χ4n) is 3.64. The number of hydrogen-bond donors (Lipinski definition) is 2. The molecular weight excluding hydrogens is 262 g/mol. The second-order valence-corrected chi connectivity index (χ2v) is 6.36. The Kier molecular flexibility index (Phi) is 3.49. The SMILES string of the molecule is Cc1ccc2c(c1)c1c(n2C(C)C)CCC(C(=O)NN)C1. The number of nitrogens with two attached hydrogens (primary N) is 1. The Bertz CT molecular complexity index is 700. The zero-order chi connectivity index (χ0) is 15.1. The first-order valence-corrected chi connectivity index (χ1v) is 7.65. The topological polar surface area (TPSA) is 60.0 Å². The maximum Gasteiger partial charge on any atom is 0.237 e. The van der Waals surface area contributed by atoms with Crippen LogP contribution >= 0.6 is 0 Å². The second kappa shape index (κ2) is 5.19. The monoisotopic (exact) mass is 285 g/mol. The molecular formula is C17H23N3O. The van der Waals surface area contributed by atoms with Crippen LogP contribution in [0.15, 0.2) is 18.2 Å². The summed E-state index contributed by atoms with van der Waals surface area (Å²) < 4.78 is 2.43. The Morgan fingerprint density at radius 3 is 2.86 bits per heavy atom. The van der Waals surface area contributed by atoms with E-state index in [0.29, 0.717) is 6.04 Å². The number of aryl methyl sites for hydroxylation is 1. The van der Waals surface area contributed by atoms with Gasteiger partial charge in [-0.2, -0.15) is 0 Å². The van der Waals surface area contributed by atoms with Crippen molar-refractivity contribution in [1.82, 2.24) is 9.99 Å². The van der Waals surface area contributed by atoms with Gasteiger partial charge in [-0.25, -0.2) is 5.84 Å². The van der Waals surface area contributed by atoms with Crippen molar-refractivity contribution in [2.75, 3.05) is 0 Å². The van der Waals surface area contributed by atoms with Crippen molar-refractivity contribution in [3.8, 4) is 0 Å². The summed E-state index contributed by atoms with van der Waals surface area (Å²) in [5, 5.41) is 1.30. The van der Waals surface area contributed by atoms with E-state index in [1.165, 1.54) is 27.7 Å². The number of amides is 1. The van der Waals surface area contributed by atoms with E-state index in [1.54, 1.807) is 0 Å². The van der Waals surface area contributed by atoms with Gasteiger partial charge in [0.1, 0.15) is 0 Å². The molecule has 0 spiro atoms. The molecule has 21 heavy (non-hydrogen) atoms. The van der Waals surface area contributed by atoms with Crippen LogP contribution in [0.4, 0.5) is 0 Å². The predicted molar refractivity (Wildman–Crippen MR) is 84.9 cm³/mol. The standard InChI is InChI=1S/C17H23N3O/c1-10(2)20-15-6-4-11(3)8-13(15)14-9-12(17(21)19-18)5-7-16(14)20/h4,6,8,10,12H,5,7,9,18H2,1-3H3,(H,19,21). The summed E-state index contributed by atoms with van der Waals surface area (Å²) in [5.41, 5.74) is 7.59. The van der Waals surface area contributed by atoms with Crippen molar-refractivity contribution in [3.05, 3.63) is 35.0 Å². The van der Waals surface area contributed by atoms with Gasteiger partial charge in [-0.05, 0) is 57.7 Å². The number of nitrogens with zero attached hydrogens (tertiary/aromatic N) is 1. The third kappa shape index (κ3) is 2.23. The summed E-state index contributed by atoms with van der Waals surface area (Å²) in [6, 6.07) is 7.05. The molecule has 4 heteroatoms. The molecule has 0 bridgehead atoms. The van der Waals surface area contributed by atoms with Crippen molar-refractivity contribution in [1.29, 1.82) is 0 Å². The number of carbonyl (C=O) groups excluding carboxylic acids is 1. The van der Waals surface area contributed by atoms with Crippen molar-refractivity contribution in [2.24, 2.45) is 11.8 Å². The molecule has 0 aliphatic heterocycles. The number of benzene rings is 1. The molecule has 3 N–H and O–H groups in total. The molecule has 0 saturated heterocycles. The summed E-state index contributed by atoms with van der Waals surface area (Å²) in [4.78, 5) is 11.9. The van der Waals surface area contributed by atoms with Crippen LogP contribution in [0.2, 0.25) is 0 Å². The number of nitrogens with one attached hydrogen (secondary N) is 1. The summed E-state index contributed by atoms with van der Waals surface area (Å²) in [6.07, 6.45) is 2.61. The number of rotatable bonds is 2. The van der Waals surface area contributed by atoms with Gasteiger partial charge in [0, 0.05) is 28.6 Å². The van der Waals surface area contributed by atoms with Crippen molar-refractivity contribution in [2.45, 2.75) is 46.1 Å². The molecule has 1 atom stereocenters. The quantitative estimate of drug-likeness (QED) is 0.506. The molecule has 3 rings (SSSR count). The highest BCUT2D eigenvalue weighted by Gasteiger charge is 2.29. The van der Waals surface area contributed by atoms with E-state index in [-0.39, 0.29) is 11.8 Å². The van der Waals surface area contributed by atoms with Crippen LogP contribution in [-0.2, 0) is 17.6 Å². The number of carbonyl (C=O) groups is 1. The summed E-state index contributed by atoms with van der Waals surface area (Å²) >= 11 is 0. The maximum absolute atomic E-state index is 11.9. The first-order valence-electron chi connectivity index (χ1n) is 7.65. The highest BCUT2D eigenvalue weighted by atomic mass is 16.2. The highest BCUT2D eigenvalue weighted by molar-refractivity contribution is 5.88. The average molecular weight is 285 g/mol. The number of aromatic nitrogens is 1. The third-order valence-electron chi connectivity index (χ3n) is 4.59. The largest absolute Gasteiger partial charge is 0.342 e. The molecule has 1 aliphatic carbocycles. The Labute approximate surface area is 125 Å². The van der Waals surface area contributed by atoms with Gasteiger partial charge in [-0.1, -0.05) is 11.6 Å². The molecule has 1 aromatic carbocycles. The van der Waals surface area contributed by atoms with E-state index >= 15 is 0 Å². The van der Waals surface area contributed by atoms with Gasteiger partial charge in [0.15, 0.2) is 0 Å². The van der Waals surface area contributed by atoms with Crippen LogP contribution in [0, 0.1) is 12.8 Å². The summed E-state index contributed by atoms with van der Waals surface area (Å²) in [7, 11) is 0. The third-order valence-corrected chi connectivity index (χ3v) is 4.59. The molecule has 0 fully saturated rings. The van der Waals surface area contributed by atoms with Crippen LogP contribution in [0.3, 0.4) is 0 Å². The first-order chi connectivity index (χ1) is 10.0. The molecule has 112 valence electrons. The van der Waals surface area contributed by atoms with Crippen LogP contribution in [0.5, 0.6) is 0 Å². The van der Waals surface area contributed by atoms with E-state index in [9.17, 15) is 4.79 Å². The van der Waals surface area contributed by atoms with Gasteiger partial charge in [-0.3, -0.25) is 10.2 Å². The smallest absolute Gasteiger partial charge is 0.237 e. The van der Waals surface area contributed by atoms with E-state index < -0.39 is 0 Å². The summed E-state index contributed by atoms with van der Waals surface area (Å²) in [5.74, 6) is 5.26. The fraction of sp³-hybridized carbons (Fsp3) is 0.471. The van der Waals surface area contributed by atoms with Gasteiger partial charge in [-0.15, -0.1) is 0 Å². The summed E-state index contributed by atoms with van der Waals surface area (Å²) in [6.45, 7) is 6.56. The Balaban J connectivity index is 2.18. The zero-order valence-electron chi connectivity index (χ0n) is 12.9. The van der Waals surface area contributed by atoms with Gasteiger partial charge >= 0.3 is 0 Å². The van der Waals surface area contributed by atoms with Gasteiger partial charge in [0.2, 0.25) is 5.91 Å². The lowest BCUT2D eigenvalue weighted by atomic mass is 9.85. The lowest BCUT2D eigenvalue weighted by Crippen LogP contribution is -2.38. The van der Waals surface area contributed by atoms with Crippen LogP contribution in [0.1, 0.15) is 43.1 Å². The fourth-order valence-corrected chi connectivity index (χ4v) is 3.64. The van der Waals surface area contributed by atoms with Crippen molar-refractivity contribution in [3.63, 3.8) is 0 Å². The van der Waals surface area contributed by atoms with Crippen molar-refractivity contribution >= 4 is 16.8 Å². The molecule has 1 heterocycles. The molecule has 1 unspecified atom stereocenters. The molecule has 1 aromatic heterocycles. The lowest BCUT2D eigenvalue weighted by Gasteiger charge is -2.24. The first kappa shape index (κ1) is 14.1. The second-order valence-electron chi connectivity index (χ2n) is 6.36.